The monoisotopic (exact) mass is 363 g/mol. The lowest BCUT2D eigenvalue weighted by Gasteiger charge is -2.37. The number of ether oxygens (including phenoxy) is 2. The van der Waals surface area contributed by atoms with Crippen LogP contribution in [0.15, 0.2) is 34.8 Å². The third-order valence-electron chi connectivity index (χ3n) is 6.14. The van der Waals surface area contributed by atoms with E-state index in [1.807, 2.05) is 13.0 Å². The number of rotatable bonds is 9. The highest BCUT2D eigenvalue weighted by molar-refractivity contribution is 5.32. The number of hydrogen-bond acceptors (Lipinski definition) is 4. The van der Waals surface area contributed by atoms with E-state index in [0.717, 1.165) is 50.8 Å². The molecule has 4 atom stereocenters. The van der Waals surface area contributed by atoms with E-state index in [4.69, 9.17) is 9.47 Å². The predicted molar refractivity (Wildman–Crippen MR) is 107 cm³/mol. The maximum Gasteiger partial charge on any atom is 0.120 e. The molecule has 2 aliphatic rings. The summed E-state index contributed by atoms with van der Waals surface area (Å²) in [7, 11) is 3.41. The number of nitrogens with one attached hydrogen (secondary N) is 1. The average molecular weight is 364 g/mol. The molecule has 4 heteroatoms. The highest BCUT2D eigenvalue weighted by Gasteiger charge is 2.32. The number of allylic oxidation sites excluding steroid dienone is 3. The van der Waals surface area contributed by atoms with Crippen LogP contribution in [-0.2, 0) is 9.47 Å². The van der Waals surface area contributed by atoms with Crippen LogP contribution < -0.4 is 5.32 Å². The molecule has 1 aliphatic heterocycles. The fourth-order valence-corrected chi connectivity index (χ4v) is 4.50. The zero-order chi connectivity index (χ0) is 19.1. The van der Waals surface area contributed by atoms with E-state index < -0.39 is 6.10 Å². The molecule has 148 valence electrons. The zero-order valence-electron chi connectivity index (χ0n) is 17.2. The van der Waals surface area contributed by atoms with E-state index in [2.05, 4.69) is 25.2 Å². The lowest BCUT2D eigenvalue weighted by molar-refractivity contribution is 0.0542. The molecular weight excluding hydrogens is 326 g/mol. The van der Waals surface area contributed by atoms with Gasteiger partial charge in [0.1, 0.15) is 11.9 Å². The normalized spacial score (nSPS) is 24.5. The molecule has 0 saturated heterocycles. The van der Waals surface area contributed by atoms with Gasteiger partial charge in [-0.2, -0.15) is 0 Å². The molecule has 0 amide bonds. The van der Waals surface area contributed by atoms with Gasteiger partial charge < -0.3 is 19.9 Å². The molecule has 0 spiro atoms. The van der Waals surface area contributed by atoms with E-state index in [1.54, 1.807) is 25.4 Å². The highest BCUT2D eigenvalue weighted by Crippen LogP contribution is 2.36. The van der Waals surface area contributed by atoms with Gasteiger partial charge in [0.05, 0.1) is 20.0 Å². The van der Waals surface area contributed by atoms with Gasteiger partial charge in [-0.05, 0) is 62.3 Å². The summed E-state index contributed by atoms with van der Waals surface area (Å²) in [5.41, 5.74) is 3.11. The smallest absolute Gasteiger partial charge is 0.120 e. The van der Waals surface area contributed by atoms with E-state index in [1.165, 1.54) is 0 Å². The van der Waals surface area contributed by atoms with Crippen molar-refractivity contribution in [2.75, 3.05) is 20.8 Å². The molecule has 0 radical (unpaired) electrons. The highest BCUT2D eigenvalue weighted by atomic mass is 16.5. The van der Waals surface area contributed by atoms with E-state index in [-0.39, 0.29) is 5.92 Å². The van der Waals surface area contributed by atoms with Crippen molar-refractivity contribution in [3.63, 3.8) is 0 Å². The lowest BCUT2D eigenvalue weighted by atomic mass is 9.76. The van der Waals surface area contributed by atoms with Crippen LogP contribution in [0, 0.1) is 11.8 Å². The van der Waals surface area contributed by atoms with Crippen LogP contribution >= 0.6 is 0 Å². The van der Waals surface area contributed by atoms with Crippen molar-refractivity contribution < 1.29 is 14.6 Å². The van der Waals surface area contributed by atoms with Crippen molar-refractivity contribution >= 4 is 0 Å². The first kappa shape index (κ1) is 21.0. The first-order chi connectivity index (χ1) is 12.5. The number of aliphatic hydroxyl groups is 1. The average Bonchev–Trinajstić information content (AvgIpc) is 2.67. The quantitative estimate of drug-likeness (QED) is 0.473. The van der Waals surface area contributed by atoms with Crippen molar-refractivity contribution in [3.8, 4) is 0 Å². The topological polar surface area (TPSA) is 50.7 Å². The number of aliphatic hydroxyl groups excluding tert-OH is 1. The van der Waals surface area contributed by atoms with Crippen LogP contribution in [0.3, 0.4) is 0 Å². The molecule has 2 rings (SSSR count). The summed E-state index contributed by atoms with van der Waals surface area (Å²) in [5.74, 6) is 2.41. The molecule has 0 fully saturated rings. The molecule has 0 aromatic rings. The first-order valence-electron chi connectivity index (χ1n) is 10.1. The SMILES string of the molecule is CC=C(OC)C(O)C(C)C(CCC)CC1NCCC2=C1CC=C(OC)C2. The first-order valence-corrected chi connectivity index (χ1v) is 10.1. The second-order valence-corrected chi connectivity index (χ2v) is 7.62. The fourth-order valence-electron chi connectivity index (χ4n) is 4.50. The Morgan fingerprint density at radius 1 is 1.42 bits per heavy atom. The van der Waals surface area contributed by atoms with Crippen LogP contribution in [-0.4, -0.2) is 38.0 Å². The molecule has 0 aromatic heterocycles. The van der Waals surface area contributed by atoms with Crippen LogP contribution in [0.1, 0.15) is 59.3 Å². The van der Waals surface area contributed by atoms with Crippen molar-refractivity contribution in [3.05, 3.63) is 34.8 Å². The summed E-state index contributed by atoms with van der Waals surface area (Å²) in [5, 5.41) is 14.5. The van der Waals surface area contributed by atoms with Gasteiger partial charge in [0.2, 0.25) is 0 Å². The standard InChI is InChI=1S/C22H37NO3/c1-6-8-16(15(3)22(24)21(7-2)26-5)14-20-19-10-9-18(25-4)13-17(19)11-12-23-20/h7,9,15-16,20,22-24H,6,8,10-14H2,1-5H3. The van der Waals surface area contributed by atoms with Crippen LogP contribution in [0.4, 0.5) is 0 Å². The fraction of sp³-hybridized carbons (Fsp3) is 0.727. The Hall–Kier alpha value is -1.26. The van der Waals surface area contributed by atoms with Crippen molar-refractivity contribution in [2.45, 2.75) is 71.4 Å². The Kier molecular flexibility index (Phi) is 8.23. The molecule has 1 aliphatic carbocycles. The molecule has 0 aromatic carbocycles. The molecular formula is C22H37NO3. The van der Waals surface area contributed by atoms with Gasteiger partial charge in [0, 0.05) is 12.5 Å². The summed E-state index contributed by atoms with van der Waals surface area (Å²) in [4.78, 5) is 0. The molecule has 1 heterocycles. The predicted octanol–water partition coefficient (Wildman–Crippen LogP) is 4.32. The van der Waals surface area contributed by atoms with Gasteiger partial charge in [0.15, 0.2) is 0 Å². The van der Waals surface area contributed by atoms with E-state index >= 15 is 0 Å². The van der Waals surface area contributed by atoms with Crippen LogP contribution in [0.5, 0.6) is 0 Å². The summed E-state index contributed by atoms with van der Waals surface area (Å²) >= 11 is 0. The summed E-state index contributed by atoms with van der Waals surface area (Å²) in [6.45, 7) is 7.35. The van der Waals surface area contributed by atoms with E-state index in [9.17, 15) is 5.11 Å². The Balaban J connectivity index is 2.11. The zero-order valence-corrected chi connectivity index (χ0v) is 17.2. The third-order valence-corrected chi connectivity index (χ3v) is 6.14. The molecule has 0 saturated carbocycles. The second kappa shape index (κ2) is 10.2. The summed E-state index contributed by atoms with van der Waals surface area (Å²) < 4.78 is 10.8. The molecule has 0 bridgehead atoms. The largest absolute Gasteiger partial charge is 0.501 e. The summed E-state index contributed by atoms with van der Waals surface area (Å²) in [6, 6.07) is 0.413. The minimum atomic E-state index is -0.537. The Morgan fingerprint density at radius 3 is 2.81 bits per heavy atom. The molecule has 2 N–H and O–H groups in total. The minimum absolute atomic E-state index is 0.169. The van der Waals surface area contributed by atoms with Gasteiger partial charge in [-0.15, -0.1) is 0 Å². The Labute approximate surface area is 159 Å². The van der Waals surface area contributed by atoms with Crippen molar-refractivity contribution in [1.82, 2.24) is 5.32 Å². The van der Waals surface area contributed by atoms with Gasteiger partial charge in [-0.1, -0.05) is 32.3 Å². The van der Waals surface area contributed by atoms with Gasteiger partial charge in [-0.25, -0.2) is 0 Å². The van der Waals surface area contributed by atoms with Crippen LogP contribution in [0.25, 0.3) is 0 Å². The molecule has 4 unspecified atom stereocenters. The molecule has 4 nitrogen and oxygen atoms in total. The number of hydrogen-bond donors (Lipinski definition) is 2. The molecule has 26 heavy (non-hydrogen) atoms. The number of methoxy groups -OCH3 is 2. The Morgan fingerprint density at radius 2 is 2.19 bits per heavy atom. The van der Waals surface area contributed by atoms with Crippen LogP contribution in [0.2, 0.25) is 0 Å². The summed E-state index contributed by atoms with van der Waals surface area (Å²) in [6.07, 6.45) is 9.97. The second-order valence-electron chi connectivity index (χ2n) is 7.62. The minimum Gasteiger partial charge on any atom is -0.501 e. The maximum atomic E-state index is 10.8. The van der Waals surface area contributed by atoms with Gasteiger partial charge in [0.25, 0.3) is 0 Å². The van der Waals surface area contributed by atoms with Crippen molar-refractivity contribution in [2.24, 2.45) is 11.8 Å². The van der Waals surface area contributed by atoms with E-state index in [0.29, 0.717) is 17.7 Å². The van der Waals surface area contributed by atoms with Gasteiger partial charge >= 0.3 is 0 Å². The maximum absolute atomic E-state index is 10.8. The lowest BCUT2D eigenvalue weighted by Crippen LogP contribution is -2.41. The van der Waals surface area contributed by atoms with Gasteiger partial charge in [-0.3, -0.25) is 0 Å². The van der Waals surface area contributed by atoms with Crippen molar-refractivity contribution in [1.29, 1.82) is 0 Å². The third kappa shape index (κ3) is 4.92. The Bertz CT molecular complexity index is 550.